The van der Waals surface area contributed by atoms with Gasteiger partial charge in [0.2, 0.25) is 5.91 Å². The summed E-state index contributed by atoms with van der Waals surface area (Å²) in [6.07, 6.45) is 11.6. The Hall–Kier alpha value is -0.730. The van der Waals surface area contributed by atoms with Crippen molar-refractivity contribution in [2.45, 2.75) is 134 Å². The number of nitrogens with one attached hydrogen (secondary N) is 1. The van der Waals surface area contributed by atoms with E-state index in [4.69, 9.17) is 23.7 Å². The van der Waals surface area contributed by atoms with Gasteiger partial charge in [0.05, 0.1) is 36.6 Å². The fraction of sp³-hybridized carbons (Fsp3) is 0.967. The van der Waals surface area contributed by atoms with Gasteiger partial charge in [-0.2, -0.15) is 0 Å². The number of amides is 1. The summed E-state index contributed by atoms with van der Waals surface area (Å²) in [5.74, 6) is 2.37. The van der Waals surface area contributed by atoms with Gasteiger partial charge in [-0.05, 0) is 94.8 Å². The molecule has 1 N–H and O–H groups in total. The number of methoxy groups -OCH3 is 1. The van der Waals surface area contributed by atoms with Crippen LogP contribution in [-0.4, -0.2) is 61.7 Å². The quantitative estimate of drug-likeness (QED) is 0.551. The molecule has 7 nitrogen and oxygen atoms in total. The van der Waals surface area contributed by atoms with Crippen LogP contribution in [0.2, 0.25) is 0 Å². The zero-order chi connectivity index (χ0) is 25.8. The third-order valence-electron chi connectivity index (χ3n) is 12.8. The second kappa shape index (κ2) is 8.39. The summed E-state index contributed by atoms with van der Waals surface area (Å²) >= 11 is 0. The normalized spacial score (nSPS) is 57.9. The molecule has 13 atom stereocenters. The predicted molar refractivity (Wildman–Crippen MR) is 136 cm³/mol. The third-order valence-corrected chi connectivity index (χ3v) is 12.8. The van der Waals surface area contributed by atoms with Gasteiger partial charge in [0.25, 0.3) is 0 Å². The standard InChI is InChI=1S/C30H47NO6/c1-17-26(31-18(2)32)23(33-5)15-25(35-17)36-20-8-11-27(3)19(14-20)6-7-22-21(27)9-12-29-16-34-28(4)24(29)10-13-30(22,29)37-28/h17,19-26H,6-16H2,1-5H3,(H,31,32)/t17-,19-,20-,21-,22-,23-,24+,25-,26+,27-,28-,29-,30-/m0/s1. The lowest BCUT2D eigenvalue weighted by Crippen LogP contribution is -2.64. The van der Waals surface area contributed by atoms with Gasteiger partial charge in [-0.25, -0.2) is 0 Å². The Bertz CT molecular complexity index is 945. The molecule has 0 aromatic rings. The second-order valence-corrected chi connectivity index (χ2v) is 14.1. The van der Waals surface area contributed by atoms with Crippen LogP contribution in [0.5, 0.6) is 0 Å². The molecular weight excluding hydrogens is 470 g/mol. The smallest absolute Gasteiger partial charge is 0.217 e. The SMILES string of the molecule is CO[C@H]1C[C@H](O[C@H]2CC[C@@]3(C)[C@@H](CC[C@H]4[C@@H]3CC[C@@]35CO[C@@]6(C)O[C@@]43CC[C@H]65)C2)O[C@@H](C)[C@H]1NC(C)=O. The van der Waals surface area contributed by atoms with E-state index in [1.807, 2.05) is 6.92 Å². The summed E-state index contributed by atoms with van der Waals surface area (Å²) in [5, 5.41) is 3.00. The maximum absolute atomic E-state index is 11.7. The fourth-order valence-corrected chi connectivity index (χ4v) is 11.2. The molecule has 1 spiro atoms. The minimum atomic E-state index is -0.327. The van der Waals surface area contributed by atoms with E-state index in [9.17, 15) is 4.79 Å². The van der Waals surface area contributed by atoms with E-state index in [-0.39, 0.29) is 53.4 Å². The molecule has 7 aliphatic rings. The van der Waals surface area contributed by atoms with E-state index in [0.717, 1.165) is 25.4 Å². The molecule has 0 unspecified atom stereocenters. The summed E-state index contributed by atoms with van der Waals surface area (Å²) in [4.78, 5) is 11.7. The molecule has 4 bridgehead atoms. The first kappa shape index (κ1) is 25.3. The van der Waals surface area contributed by atoms with E-state index >= 15 is 0 Å². The first-order valence-electron chi connectivity index (χ1n) is 15.1. The highest BCUT2D eigenvalue weighted by molar-refractivity contribution is 5.73. The van der Waals surface area contributed by atoms with Gasteiger partial charge in [0, 0.05) is 31.8 Å². The van der Waals surface area contributed by atoms with Gasteiger partial charge in [0.1, 0.15) is 0 Å². The average molecular weight is 518 g/mol. The van der Waals surface area contributed by atoms with Gasteiger partial charge in [-0.15, -0.1) is 0 Å². The lowest BCUT2D eigenvalue weighted by atomic mass is 9.43. The van der Waals surface area contributed by atoms with Crippen LogP contribution in [0.3, 0.4) is 0 Å². The predicted octanol–water partition coefficient (Wildman–Crippen LogP) is 4.56. The van der Waals surface area contributed by atoms with Crippen molar-refractivity contribution in [3.8, 4) is 0 Å². The molecule has 4 aliphatic carbocycles. The van der Waals surface area contributed by atoms with Crippen molar-refractivity contribution in [3.05, 3.63) is 0 Å². The summed E-state index contributed by atoms with van der Waals surface area (Å²) < 4.78 is 31.9. The largest absolute Gasteiger partial charge is 0.379 e. The van der Waals surface area contributed by atoms with Gasteiger partial charge < -0.3 is 29.0 Å². The topological polar surface area (TPSA) is 75.2 Å². The maximum Gasteiger partial charge on any atom is 0.217 e. The van der Waals surface area contributed by atoms with Crippen molar-refractivity contribution in [3.63, 3.8) is 0 Å². The van der Waals surface area contributed by atoms with Gasteiger partial charge in [-0.3, -0.25) is 4.79 Å². The maximum atomic E-state index is 11.7. The molecule has 208 valence electrons. The summed E-state index contributed by atoms with van der Waals surface area (Å²) in [6.45, 7) is 9.32. The van der Waals surface area contributed by atoms with Gasteiger partial charge >= 0.3 is 0 Å². The van der Waals surface area contributed by atoms with E-state index in [2.05, 4.69) is 19.2 Å². The van der Waals surface area contributed by atoms with Crippen LogP contribution < -0.4 is 5.32 Å². The molecular formula is C30H47NO6. The highest BCUT2D eigenvalue weighted by Crippen LogP contribution is 2.78. The van der Waals surface area contributed by atoms with Crippen LogP contribution in [0, 0.1) is 34.5 Å². The van der Waals surface area contributed by atoms with Crippen LogP contribution in [0.25, 0.3) is 0 Å². The summed E-state index contributed by atoms with van der Waals surface area (Å²) in [5.41, 5.74) is 0.728. The molecule has 7 rings (SSSR count). The molecule has 1 amide bonds. The third kappa shape index (κ3) is 3.33. The molecule has 7 heteroatoms. The average Bonchev–Trinajstić information content (AvgIpc) is 3.42. The van der Waals surface area contributed by atoms with E-state index < -0.39 is 0 Å². The van der Waals surface area contributed by atoms with Crippen LogP contribution >= 0.6 is 0 Å². The number of hydrogen-bond acceptors (Lipinski definition) is 6. The minimum absolute atomic E-state index is 0.0530. The van der Waals surface area contributed by atoms with Crippen molar-refractivity contribution in [1.82, 2.24) is 5.32 Å². The van der Waals surface area contributed by atoms with Gasteiger partial charge in [0.15, 0.2) is 12.1 Å². The van der Waals surface area contributed by atoms with Crippen LogP contribution in [0.1, 0.15) is 91.9 Å². The Morgan fingerprint density at radius 1 is 1.00 bits per heavy atom. The molecule has 7 fully saturated rings. The summed E-state index contributed by atoms with van der Waals surface area (Å²) in [7, 11) is 1.71. The first-order valence-corrected chi connectivity index (χ1v) is 15.1. The molecule has 3 aliphatic heterocycles. The number of ether oxygens (including phenoxy) is 5. The molecule has 4 saturated carbocycles. The van der Waals surface area contributed by atoms with Crippen molar-refractivity contribution in [1.29, 1.82) is 0 Å². The Morgan fingerprint density at radius 2 is 1.84 bits per heavy atom. The van der Waals surface area contributed by atoms with Crippen molar-refractivity contribution in [2.75, 3.05) is 13.7 Å². The molecule has 0 aromatic heterocycles. The number of rotatable bonds is 4. The highest BCUT2D eigenvalue weighted by atomic mass is 16.7. The number of fused-ring (bicyclic) bond motifs is 3. The van der Waals surface area contributed by atoms with Gasteiger partial charge in [-0.1, -0.05) is 6.92 Å². The second-order valence-electron chi connectivity index (χ2n) is 14.1. The molecule has 3 heterocycles. The molecule has 3 saturated heterocycles. The van der Waals surface area contributed by atoms with Crippen LogP contribution in [-0.2, 0) is 28.5 Å². The summed E-state index contributed by atoms with van der Waals surface area (Å²) in [6, 6.07) is -0.142. The Labute approximate surface area is 222 Å². The monoisotopic (exact) mass is 517 g/mol. The first-order chi connectivity index (χ1) is 17.6. The minimum Gasteiger partial charge on any atom is -0.379 e. The lowest BCUT2D eigenvalue weighted by molar-refractivity contribution is -0.333. The lowest BCUT2D eigenvalue weighted by Gasteiger charge is -2.64. The van der Waals surface area contributed by atoms with Crippen molar-refractivity contribution < 1.29 is 28.5 Å². The Balaban J connectivity index is 1.03. The Kier molecular flexibility index (Phi) is 5.73. The zero-order valence-corrected chi connectivity index (χ0v) is 23.4. The fourth-order valence-electron chi connectivity index (χ4n) is 11.2. The van der Waals surface area contributed by atoms with E-state index in [1.165, 1.54) is 44.9 Å². The molecule has 37 heavy (non-hydrogen) atoms. The van der Waals surface area contributed by atoms with Crippen molar-refractivity contribution in [2.24, 2.45) is 34.5 Å². The molecule has 0 aromatic carbocycles. The van der Waals surface area contributed by atoms with Crippen molar-refractivity contribution >= 4 is 5.91 Å². The Morgan fingerprint density at radius 3 is 2.62 bits per heavy atom. The van der Waals surface area contributed by atoms with E-state index in [1.54, 1.807) is 14.0 Å². The van der Waals surface area contributed by atoms with Crippen LogP contribution in [0.15, 0.2) is 0 Å². The number of carbonyl (C=O) groups is 1. The zero-order valence-electron chi connectivity index (χ0n) is 23.4. The van der Waals surface area contributed by atoms with E-state index in [0.29, 0.717) is 29.6 Å². The number of carbonyl (C=O) groups excluding carboxylic acids is 1. The molecule has 0 radical (unpaired) electrons. The number of hydrogen-bond donors (Lipinski definition) is 1. The highest BCUT2D eigenvalue weighted by Gasteiger charge is 2.81. The van der Waals surface area contributed by atoms with Crippen LogP contribution in [0.4, 0.5) is 0 Å².